The lowest BCUT2D eigenvalue weighted by Crippen LogP contribution is -2.41. The minimum atomic E-state index is -0.457. The first-order valence-corrected chi connectivity index (χ1v) is 11.7. The second-order valence-corrected chi connectivity index (χ2v) is 10.2. The zero-order valence-electron chi connectivity index (χ0n) is 20.1. The maximum atomic E-state index is 9.76. The van der Waals surface area contributed by atoms with E-state index in [9.17, 15) is 5.26 Å². The number of benzene rings is 2. The molecule has 0 N–H and O–H groups in total. The molecular formula is C26H30BN3O3. The summed E-state index contributed by atoms with van der Waals surface area (Å²) in [6, 6.07) is 12.3. The fourth-order valence-electron chi connectivity index (χ4n) is 4.69. The molecule has 170 valence electrons. The fraction of sp³-hybridized carbons (Fsp3) is 0.462. The van der Waals surface area contributed by atoms with E-state index in [0.29, 0.717) is 17.0 Å². The minimum absolute atomic E-state index is 0.412. The van der Waals surface area contributed by atoms with Crippen LogP contribution in [0.2, 0.25) is 0 Å². The molecule has 0 aliphatic carbocycles. The Morgan fingerprint density at radius 2 is 1.79 bits per heavy atom. The Kier molecular flexibility index (Phi) is 5.36. The van der Waals surface area contributed by atoms with Crippen LogP contribution < -0.4 is 5.46 Å². The van der Waals surface area contributed by atoms with Crippen LogP contribution in [-0.2, 0) is 15.9 Å². The van der Waals surface area contributed by atoms with Crippen LogP contribution in [0.3, 0.4) is 0 Å². The van der Waals surface area contributed by atoms with E-state index in [0.717, 1.165) is 47.3 Å². The Hall–Kier alpha value is -2.66. The molecule has 3 aromatic rings. The van der Waals surface area contributed by atoms with Gasteiger partial charge >= 0.3 is 7.12 Å². The van der Waals surface area contributed by atoms with E-state index in [1.807, 2.05) is 31.2 Å². The molecule has 2 saturated heterocycles. The second-order valence-electron chi connectivity index (χ2n) is 10.2. The topological polar surface area (TPSA) is 71.5 Å². The van der Waals surface area contributed by atoms with E-state index >= 15 is 0 Å². The quantitative estimate of drug-likeness (QED) is 0.551. The Morgan fingerprint density at radius 1 is 1.09 bits per heavy atom. The van der Waals surface area contributed by atoms with Crippen molar-refractivity contribution >= 4 is 23.7 Å². The summed E-state index contributed by atoms with van der Waals surface area (Å²) in [6.07, 6.45) is 2.47. The van der Waals surface area contributed by atoms with E-state index in [2.05, 4.69) is 44.7 Å². The summed E-state index contributed by atoms with van der Waals surface area (Å²) in [6.45, 7) is 13.3. The van der Waals surface area contributed by atoms with E-state index in [-0.39, 0.29) is 0 Å². The third-order valence-electron chi connectivity index (χ3n) is 7.39. The number of rotatable bonds is 4. The summed E-state index contributed by atoms with van der Waals surface area (Å²) >= 11 is 0. The zero-order valence-corrected chi connectivity index (χ0v) is 20.1. The molecule has 0 unspecified atom stereocenters. The lowest BCUT2D eigenvalue weighted by molar-refractivity contribution is 0.00578. The molecule has 5 rings (SSSR count). The molecule has 2 aliphatic rings. The summed E-state index contributed by atoms with van der Waals surface area (Å²) in [5, 5.41) is 9.76. The molecule has 0 spiro atoms. The Bertz CT molecular complexity index is 1240. The van der Waals surface area contributed by atoms with Crippen molar-refractivity contribution in [2.24, 2.45) is 0 Å². The van der Waals surface area contributed by atoms with Gasteiger partial charge in [0.1, 0.15) is 11.6 Å². The smallest absolute Gasteiger partial charge is 0.435 e. The van der Waals surface area contributed by atoms with Crippen molar-refractivity contribution in [1.82, 2.24) is 9.88 Å². The van der Waals surface area contributed by atoms with Gasteiger partial charge in [-0.05, 0) is 95.3 Å². The lowest BCUT2D eigenvalue weighted by Gasteiger charge is -2.32. The predicted octanol–water partition coefficient (Wildman–Crippen LogP) is 4.57. The summed E-state index contributed by atoms with van der Waals surface area (Å²) in [4.78, 5) is 7.21. The molecule has 7 heteroatoms. The number of oxazole rings is 1. The molecular weight excluding hydrogens is 413 g/mol. The summed E-state index contributed by atoms with van der Waals surface area (Å²) in [5.74, 6) is 0.510. The highest BCUT2D eigenvalue weighted by atomic mass is 16.7. The molecule has 0 amide bonds. The highest BCUT2D eigenvalue weighted by molar-refractivity contribution is 6.62. The van der Waals surface area contributed by atoms with Crippen LogP contribution in [-0.4, -0.2) is 41.3 Å². The Labute approximate surface area is 195 Å². The van der Waals surface area contributed by atoms with Crippen molar-refractivity contribution in [3.8, 4) is 17.5 Å². The summed E-state index contributed by atoms with van der Waals surface area (Å²) in [5.41, 5.74) is 4.90. The van der Waals surface area contributed by atoms with Crippen molar-refractivity contribution in [3.63, 3.8) is 0 Å². The number of nitriles is 1. The minimum Gasteiger partial charge on any atom is -0.435 e. The van der Waals surface area contributed by atoms with Gasteiger partial charge in [-0.25, -0.2) is 4.98 Å². The molecule has 2 aromatic carbocycles. The van der Waals surface area contributed by atoms with Gasteiger partial charge in [0.2, 0.25) is 5.89 Å². The SMILES string of the molecule is Cc1c(B2OC(C)(C)C(C)(C)O2)cccc1-c1nc2cc(CN3CCCC3)cc(C#N)c2o1. The third kappa shape index (κ3) is 3.87. The first-order valence-electron chi connectivity index (χ1n) is 11.7. The molecule has 33 heavy (non-hydrogen) atoms. The lowest BCUT2D eigenvalue weighted by atomic mass is 9.75. The maximum Gasteiger partial charge on any atom is 0.495 e. The fourth-order valence-corrected chi connectivity index (χ4v) is 4.69. The van der Waals surface area contributed by atoms with Crippen molar-refractivity contribution in [3.05, 3.63) is 47.0 Å². The van der Waals surface area contributed by atoms with Crippen LogP contribution in [0.4, 0.5) is 0 Å². The monoisotopic (exact) mass is 443 g/mol. The number of likely N-dealkylation sites (tertiary alicyclic amines) is 1. The van der Waals surface area contributed by atoms with Crippen molar-refractivity contribution in [1.29, 1.82) is 5.26 Å². The van der Waals surface area contributed by atoms with Gasteiger partial charge < -0.3 is 13.7 Å². The highest BCUT2D eigenvalue weighted by Gasteiger charge is 2.52. The molecule has 2 aliphatic heterocycles. The number of fused-ring (bicyclic) bond motifs is 1. The summed E-state index contributed by atoms with van der Waals surface area (Å²) < 4.78 is 18.7. The van der Waals surface area contributed by atoms with E-state index in [1.54, 1.807) is 0 Å². The van der Waals surface area contributed by atoms with Crippen molar-refractivity contribution < 1.29 is 13.7 Å². The Balaban J connectivity index is 1.52. The van der Waals surface area contributed by atoms with Gasteiger partial charge in [-0.2, -0.15) is 5.26 Å². The number of aromatic nitrogens is 1. The largest absolute Gasteiger partial charge is 0.495 e. The third-order valence-corrected chi connectivity index (χ3v) is 7.39. The molecule has 0 atom stereocenters. The van der Waals surface area contributed by atoms with Gasteiger partial charge in [0.15, 0.2) is 5.58 Å². The standard InChI is InChI=1S/C26H30BN3O3/c1-17-20(9-8-10-21(17)27-32-25(2,3)26(4,5)33-27)24-29-22-14-18(16-30-11-6-7-12-30)13-19(15-28)23(22)31-24/h8-10,13-14H,6-7,11-12,16H2,1-5H3. The van der Waals surface area contributed by atoms with Crippen molar-refractivity contribution in [2.45, 2.75) is 65.2 Å². The number of hydrogen-bond acceptors (Lipinski definition) is 6. The highest BCUT2D eigenvalue weighted by Crippen LogP contribution is 2.37. The molecule has 0 saturated carbocycles. The summed E-state index contributed by atoms with van der Waals surface area (Å²) in [7, 11) is -0.457. The predicted molar refractivity (Wildman–Crippen MR) is 129 cm³/mol. The van der Waals surface area contributed by atoms with Crippen molar-refractivity contribution in [2.75, 3.05) is 13.1 Å². The van der Waals surface area contributed by atoms with Gasteiger partial charge in [0.25, 0.3) is 0 Å². The van der Waals surface area contributed by atoms with Crippen LogP contribution in [0, 0.1) is 18.3 Å². The van der Waals surface area contributed by atoms with E-state index in [4.69, 9.17) is 18.7 Å². The average molecular weight is 443 g/mol. The average Bonchev–Trinajstić information content (AvgIpc) is 3.46. The molecule has 1 aromatic heterocycles. The number of hydrogen-bond donors (Lipinski definition) is 0. The first-order chi connectivity index (χ1) is 15.7. The van der Waals surface area contributed by atoms with Gasteiger partial charge in [-0.3, -0.25) is 4.90 Å². The van der Waals surface area contributed by atoms with Crippen LogP contribution in [0.25, 0.3) is 22.6 Å². The number of nitrogens with zero attached hydrogens (tertiary/aromatic N) is 3. The van der Waals surface area contributed by atoms with E-state index < -0.39 is 18.3 Å². The van der Waals surface area contributed by atoms with Gasteiger partial charge in [-0.15, -0.1) is 0 Å². The zero-order chi connectivity index (χ0) is 23.4. The van der Waals surface area contributed by atoms with Crippen LogP contribution in [0.15, 0.2) is 34.7 Å². The van der Waals surface area contributed by atoms with Gasteiger partial charge in [0.05, 0.1) is 16.8 Å². The maximum absolute atomic E-state index is 9.76. The molecule has 0 bridgehead atoms. The molecule has 6 nitrogen and oxygen atoms in total. The van der Waals surface area contributed by atoms with E-state index in [1.165, 1.54) is 12.8 Å². The van der Waals surface area contributed by atoms with Crippen LogP contribution >= 0.6 is 0 Å². The van der Waals surface area contributed by atoms with Gasteiger partial charge in [0, 0.05) is 12.1 Å². The normalized spacial score (nSPS) is 19.9. The molecule has 3 heterocycles. The molecule has 0 radical (unpaired) electrons. The second kappa shape index (κ2) is 7.98. The Morgan fingerprint density at radius 3 is 2.45 bits per heavy atom. The van der Waals surface area contributed by atoms with Gasteiger partial charge in [-0.1, -0.05) is 12.1 Å². The first kappa shape index (κ1) is 22.2. The molecule has 2 fully saturated rings. The van der Waals surface area contributed by atoms with Crippen LogP contribution in [0.5, 0.6) is 0 Å². The van der Waals surface area contributed by atoms with Crippen LogP contribution in [0.1, 0.15) is 57.2 Å².